The van der Waals surface area contributed by atoms with Crippen LogP contribution in [0.2, 0.25) is 0 Å². The number of carbonyl (C=O) groups excluding carboxylic acids is 1. The average Bonchev–Trinajstić information content (AvgIpc) is 2.19. The minimum atomic E-state index is -0.0717. The van der Waals surface area contributed by atoms with E-state index in [2.05, 4.69) is 39.9 Å². The monoisotopic (exact) mass is 254 g/mol. The number of amides is 1. The predicted molar refractivity (Wildman–Crippen MR) is 76.2 cm³/mol. The normalized spacial score (nSPS) is 22.6. The summed E-state index contributed by atoms with van der Waals surface area (Å²) >= 11 is 0. The Morgan fingerprint density at radius 3 is 2.28 bits per heavy atom. The second kappa shape index (κ2) is 5.60. The van der Waals surface area contributed by atoms with Crippen molar-refractivity contribution >= 4 is 5.91 Å². The quantitative estimate of drug-likeness (QED) is 0.813. The van der Waals surface area contributed by atoms with Crippen LogP contribution in [0, 0.1) is 10.8 Å². The van der Waals surface area contributed by atoms with E-state index in [4.69, 9.17) is 5.73 Å². The lowest BCUT2D eigenvalue weighted by Gasteiger charge is -2.35. The van der Waals surface area contributed by atoms with Crippen molar-refractivity contribution in [1.82, 2.24) is 5.32 Å². The molecule has 3 nitrogen and oxygen atoms in total. The molecule has 0 radical (unpaired) electrons. The molecule has 1 amide bonds. The summed E-state index contributed by atoms with van der Waals surface area (Å²) in [4.78, 5) is 11.9. The van der Waals surface area contributed by atoms with E-state index in [0.29, 0.717) is 17.9 Å². The molecule has 0 heterocycles. The Morgan fingerprint density at radius 2 is 1.83 bits per heavy atom. The highest BCUT2D eigenvalue weighted by Gasteiger charge is 2.29. The highest BCUT2D eigenvalue weighted by atomic mass is 16.1. The van der Waals surface area contributed by atoms with Crippen molar-refractivity contribution in [2.24, 2.45) is 16.6 Å². The molecule has 1 fully saturated rings. The summed E-state index contributed by atoms with van der Waals surface area (Å²) in [5, 5.41) is 3.14. The number of rotatable bonds is 3. The van der Waals surface area contributed by atoms with Gasteiger partial charge in [-0.1, -0.05) is 34.6 Å². The second-order valence-electron chi connectivity index (χ2n) is 7.68. The van der Waals surface area contributed by atoms with Crippen LogP contribution < -0.4 is 11.1 Å². The van der Waals surface area contributed by atoms with E-state index in [1.54, 1.807) is 0 Å². The molecule has 0 bridgehead atoms. The Hall–Kier alpha value is -0.570. The highest BCUT2D eigenvalue weighted by Crippen LogP contribution is 2.35. The zero-order valence-electron chi connectivity index (χ0n) is 12.7. The van der Waals surface area contributed by atoms with Gasteiger partial charge in [0.2, 0.25) is 5.91 Å². The molecule has 106 valence electrons. The van der Waals surface area contributed by atoms with E-state index in [9.17, 15) is 4.79 Å². The maximum atomic E-state index is 11.9. The maximum absolute atomic E-state index is 11.9. The standard InChI is InChI=1S/C15H30N2O/c1-14(2,3)12(16)10-13(18)17-11-6-8-15(4,5)9-7-11/h11-12H,6-10,16H2,1-5H3,(H,17,18). The Morgan fingerprint density at radius 1 is 1.33 bits per heavy atom. The summed E-state index contributed by atoms with van der Waals surface area (Å²) in [5.74, 6) is 0.113. The maximum Gasteiger partial charge on any atom is 0.221 e. The van der Waals surface area contributed by atoms with Gasteiger partial charge in [0.1, 0.15) is 0 Å². The molecule has 0 saturated heterocycles. The molecule has 1 aliphatic carbocycles. The van der Waals surface area contributed by atoms with Crippen molar-refractivity contribution in [1.29, 1.82) is 0 Å². The summed E-state index contributed by atoms with van der Waals surface area (Å²) < 4.78 is 0. The van der Waals surface area contributed by atoms with Crippen LogP contribution >= 0.6 is 0 Å². The topological polar surface area (TPSA) is 55.1 Å². The summed E-state index contributed by atoms with van der Waals surface area (Å²) in [6.45, 7) is 10.8. The largest absolute Gasteiger partial charge is 0.353 e. The summed E-state index contributed by atoms with van der Waals surface area (Å²) in [6.07, 6.45) is 5.03. The van der Waals surface area contributed by atoms with Crippen LogP contribution in [-0.2, 0) is 4.79 Å². The fourth-order valence-corrected chi connectivity index (χ4v) is 2.34. The third-order valence-electron chi connectivity index (χ3n) is 4.22. The molecule has 1 rings (SSSR count). The van der Waals surface area contributed by atoms with Gasteiger partial charge in [-0.3, -0.25) is 4.79 Å². The van der Waals surface area contributed by atoms with Crippen LogP contribution in [0.5, 0.6) is 0 Å². The molecule has 1 unspecified atom stereocenters. The first-order valence-corrected chi connectivity index (χ1v) is 7.15. The molecular formula is C15H30N2O. The zero-order valence-corrected chi connectivity index (χ0v) is 12.7. The van der Waals surface area contributed by atoms with Gasteiger partial charge in [-0.25, -0.2) is 0 Å². The van der Waals surface area contributed by atoms with Crippen LogP contribution in [-0.4, -0.2) is 18.0 Å². The van der Waals surface area contributed by atoms with Crippen LogP contribution in [0.3, 0.4) is 0 Å². The Balaban J connectivity index is 2.34. The lowest BCUT2D eigenvalue weighted by molar-refractivity contribution is -0.123. The molecule has 18 heavy (non-hydrogen) atoms. The minimum absolute atomic E-state index is 0.00804. The van der Waals surface area contributed by atoms with Crippen LogP contribution in [0.4, 0.5) is 0 Å². The van der Waals surface area contributed by atoms with E-state index in [1.807, 2.05) is 0 Å². The van der Waals surface area contributed by atoms with Gasteiger partial charge in [0.15, 0.2) is 0 Å². The zero-order chi connectivity index (χ0) is 14.0. The third kappa shape index (κ3) is 4.97. The lowest BCUT2D eigenvalue weighted by Crippen LogP contribution is -2.44. The van der Waals surface area contributed by atoms with E-state index < -0.39 is 0 Å². The molecule has 0 aromatic heterocycles. The van der Waals surface area contributed by atoms with Crippen molar-refractivity contribution < 1.29 is 4.79 Å². The summed E-state index contributed by atoms with van der Waals surface area (Å²) in [6, 6.07) is 0.287. The molecular weight excluding hydrogens is 224 g/mol. The fourth-order valence-electron chi connectivity index (χ4n) is 2.34. The van der Waals surface area contributed by atoms with E-state index in [1.165, 1.54) is 12.8 Å². The number of carbonyl (C=O) groups is 1. The van der Waals surface area contributed by atoms with E-state index >= 15 is 0 Å². The number of nitrogens with two attached hydrogens (primary N) is 1. The predicted octanol–water partition coefficient (Wildman–Crippen LogP) is 2.83. The number of hydrogen-bond donors (Lipinski definition) is 2. The first-order valence-electron chi connectivity index (χ1n) is 7.15. The fraction of sp³-hybridized carbons (Fsp3) is 0.933. The van der Waals surface area contributed by atoms with Crippen molar-refractivity contribution in [3.63, 3.8) is 0 Å². The molecule has 0 aromatic carbocycles. The molecule has 0 aliphatic heterocycles. The van der Waals surface area contributed by atoms with Gasteiger partial charge in [-0.15, -0.1) is 0 Å². The number of hydrogen-bond acceptors (Lipinski definition) is 2. The molecule has 1 aliphatic rings. The molecule has 1 saturated carbocycles. The lowest BCUT2D eigenvalue weighted by atomic mass is 9.75. The van der Waals surface area contributed by atoms with Crippen molar-refractivity contribution in [2.75, 3.05) is 0 Å². The first kappa shape index (κ1) is 15.5. The second-order valence-corrected chi connectivity index (χ2v) is 7.68. The molecule has 1 atom stereocenters. The Bertz CT molecular complexity index is 281. The molecule has 3 heteroatoms. The third-order valence-corrected chi connectivity index (χ3v) is 4.22. The van der Waals surface area contributed by atoms with Crippen LogP contribution in [0.25, 0.3) is 0 Å². The van der Waals surface area contributed by atoms with E-state index in [-0.39, 0.29) is 17.4 Å². The molecule has 0 spiro atoms. The number of nitrogens with one attached hydrogen (secondary N) is 1. The first-order chi connectivity index (χ1) is 8.10. The smallest absolute Gasteiger partial charge is 0.221 e. The highest BCUT2D eigenvalue weighted by molar-refractivity contribution is 5.77. The average molecular weight is 254 g/mol. The van der Waals surface area contributed by atoms with Crippen molar-refractivity contribution in [2.45, 2.75) is 78.8 Å². The molecule has 3 N–H and O–H groups in total. The van der Waals surface area contributed by atoms with Crippen LogP contribution in [0.15, 0.2) is 0 Å². The van der Waals surface area contributed by atoms with E-state index in [0.717, 1.165) is 12.8 Å². The van der Waals surface area contributed by atoms with Gasteiger partial charge in [0.05, 0.1) is 0 Å². The van der Waals surface area contributed by atoms with Crippen molar-refractivity contribution in [3.8, 4) is 0 Å². The van der Waals surface area contributed by atoms with Gasteiger partial charge in [-0.05, 0) is 36.5 Å². The SMILES string of the molecule is CC1(C)CCC(NC(=O)CC(N)C(C)(C)C)CC1. The molecule has 0 aromatic rings. The van der Waals surface area contributed by atoms with Gasteiger partial charge < -0.3 is 11.1 Å². The van der Waals surface area contributed by atoms with Crippen molar-refractivity contribution in [3.05, 3.63) is 0 Å². The van der Waals surface area contributed by atoms with Gasteiger partial charge >= 0.3 is 0 Å². The summed E-state index contributed by atoms with van der Waals surface area (Å²) in [7, 11) is 0. The van der Waals surface area contributed by atoms with Gasteiger partial charge in [0, 0.05) is 18.5 Å². The minimum Gasteiger partial charge on any atom is -0.353 e. The Kier molecular flexibility index (Phi) is 4.82. The van der Waals surface area contributed by atoms with Gasteiger partial charge in [-0.2, -0.15) is 0 Å². The summed E-state index contributed by atoms with van der Waals surface area (Å²) in [5.41, 5.74) is 6.48. The Labute approximate surface area is 112 Å². The van der Waals surface area contributed by atoms with Gasteiger partial charge in [0.25, 0.3) is 0 Å². The van der Waals surface area contributed by atoms with Crippen LogP contribution in [0.1, 0.15) is 66.7 Å².